The first-order valence-electron chi connectivity index (χ1n) is 9.39. The van der Waals surface area contributed by atoms with E-state index in [2.05, 4.69) is 20.6 Å². The van der Waals surface area contributed by atoms with E-state index in [9.17, 15) is 4.79 Å². The third-order valence-electron chi connectivity index (χ3n) is 4.09. The summed E-state index contributed by atoms with van der Waals surface area (Å²) >= 11 is 0. The van der Waals surface area contributed by atoms with Gasteiger partial charge in [0.25, 0.3) is 5.91 Å². The maximum atomic E-state index is 12.3. The molecule has 0 aliphatic rings. The van der Waals surface area contributed by atoms with Crippen LogP contribution in [-0.4, -0.2) is 43.1 Å². The molecule has 1 heterocycles. The molecule has 0 saturated heterocycles. The fourth-order valence-corrected chi connectivity index (χ4v) is 2.64. The van der Waals surface area contributed by atoms with Gasteiger partial charge in [-0.1, -0.05) is 18.2 Å². The van der Waals surface area contributed by atoms with E-state index in [4.69, 9.17) is 4.74 Å². The smallest absolute Gasteiger partial charge is 0.251 e. The van der Waals surface area contributed by atoms with Crippen LogP contribution in [0.4, 0.5) is 11.6 Å². The number of carbonyl (C=O) groups excluding carboxylic acids is 1. The third-order valence-corrected chi connectivity index (χ3v) is 4.09. The SMILES string of the molecule is Cc1nc(NCCNC(=O)c2ccc(Oc3ccccc3)cc2)cc(N(C)C)n1. The van der Waals surface area contributed by atoms with Crippen LogP contribution in [0.25, 0.3) is 0 Å². The standard InChI is InChI=1S/C22H25N5O2/c1-16-25-20(15-21(26-16)27(2)3)23-13-14-24-22(28)17-9-11-19(12-10-17)29-18-7-5-4-6-8-18/h4-12,15H,13-14H2,1-3H3,(H,24,28)(H,23,25,26). The van der Waals surface area contributed by atoms with Crippen LogP contribution in [0.1, 0.15) is 16.2 Å². The number of hydrogen-bond acceptors (Lipinski definition) is 6. The van der Waals surface area contributed by atoms with Gasteiger partial charge in [-0.15, -0.1) is 0 Å². The summed E-state index contributed by atoms with van der Waals surface area (Å²) in [4.78, 5) is 23.0. The first-order chi connectivity index (χ1) is 14.0. The normalized spacial score (nSPS) is 10.3. The number of aromatic nitrogens is 2. The van der Waals surface area contributed by atoms with E-state index in [1.165, 1.54) is 0 Å². The zero-order valence-electron chi connectivity index (χ0n) is 16.8. The summed E-state index contributed by atoms with van der Waals surface area (Å²) in [5.41, 5.74) is 0.582. The van der Waals surface area contributed by atoms with Crippen molar-refractivity contribution in [3.05, 3.63) is 72.1 Å². The van der Waals surface area contributed by atoms with Crippen molar-refractivity contribution in [2.45, 2.75) is 6.92 Å². The largest absolute Gasteiger partial charge is 0.457 e. The van der Waals surface area contributed by atoms with Crippen molar-refractivity contribution in [2.24, 2.45) is 0 Å². The fraction of sp³-hybridized carbons (Fsp3) is 0.227. The lowest BCUT2D eigenvalue weighted by atomic mass is 10.2. The first kappa shape index (κ1) is 20.1. The summed E-state index contributed by atoms with van der Waals surface area (Å²) in [6, 6.07) is 18.5. The van der Waals surface area contributed by atoms with Gasteiger partial charge in [-0.2, -0.15) is 0 Å². The number of benzene rings is 2. The van der Waals surface area contributed by atoms with E-state index in [1.807, 2.05) is 62.3 Å². The lowest BCUT2D eigenvalue weighted by Crippen LogP contribution is -2.29. The van der Waals surface area contributed by atoms with Gasteiger partial charge in [0.05, 0.1) is 0 Å². The molecule has 0 bridgehead atoms. The number of ether oxygens (including phenoxy) is 1. The molecule has 0 aliphatic heterocycles. The molecular formula is C22H25N5O2. The highest BCUT2D eigenvalue weighted by Crippen LogP contribution is 2.21. The molecule has 3 rings (SSSR count). The molecule has 1 amide bonds. The fourth-order valence-electron chi connectivity index (χ4n) is 2.64. The first-order valence-corrected chi connectivity index (χ1v) is 9.39. The van der Waals surface area contributed by atoms with Gasteiger partial charge in [0.1, 0.15) is 29.0 Å². The lowest BCUT2D eigenvalue weighted by molar-refractivity contribution is 0.0955. The average molecular weight is 391 g/mol. The number of rotatable bonds is 8. The molecule has 2 aromatic carbocycles. The van der Waals surface area contributed by atoms with Crippen molar-refractivity contribution in [1.82, 2.24) is 15.3 Å². The molecule has 0 unspecified atom stereocenters. The number of aryl methyl sites for hydroxylation is 1. The molecule has 0 spiro atoms. The predicted molar refractivity (Wildman–Crippen MR) is 115 cm³/mol. The summed E-state index contributed by atoms with van der Waals surface area (Å²) < 4.78 is 5.74. The van der Waals surface area contributed by atoms with Gasteiger partial charge < -0.3 is 20.3 Å². The van der Waals surface area contributed by atoms with E-state index in [1.54, 1.807) is 24.3 Å². The van der Waals surface area contributed by atoms with Crippen molar-refractivity contribution >= 4 is 17.5 Å². The van der Waals surface area contributed by atoms with Crippen molar-refractivity contribution in [2.75, 3.05) is 37.4 Å². The van der Waals surface area contributed by atoms with Gasteiger partial charge in [0.15, 0.2) is 0 Å². The lowest BCUT2D eigenvalue weighted by Gasteiger charge is -2.14. The molecule has 0 fully saturated rings. The van der Waals surface area contributed by atoms with Crippen molar-refractivity contribution in [3.8, 4) is 11.5 Å². The van der Waals surface area contributed by atoms with Gasteiger partial charge in [-0.05, 0) is 43.3 Å². The second kappa shape index (κ2) is 9.54. The monoisotopic (exact) mass is 391 g/mol. The van der Waals surface area contributed by atoms with E-state index in [0.717, 1.165) is 17.4 Å². The van der Waals surface area contributed by atoms with Crippen LogP contribution >= 0.6 is 0 Å². The second-order valence-corrected chi connectivity index (χ2v) is 6.68. The molecule has 7 nitrogen and oxygen atoms in total. The maximum Gasteiger partial charge on any atom is 0.251 e. The van der Waals surface area contributed by atoms with E-state index >= 15 is 0 Å². The minimum absolute atomic E-state index is 0.133. The minimum Gasteiger partial charge on any atom is -0.457 e. The summed E-state index contributed by atoms with van der Waals surface area (Å²) in [7, 11) is 3.86. The molecule has 2 N–H and O–H groups in total. The third kappa shape index (κ3) is 5.93. The predicted octanol–water partition coefficient (Wildman–Crippen LogP) is 3.49. The zero-order valence-corrected chi connectivity index (χ0v) is 16.8. The molecular weight excluding hydrogens is 366 g/mol. The van der Waals surface area contributed by atoms with Crippen LogP contribution in [0, 0.1) is 6.92 Å². The summed E-state index contributed by atoms with van der Waals surface area (Å²) in [6.45, 7) is 2.89. The van der Waals surface area contributed by atoms with Crippen LogP contribution in [0.15, 0.2) is 60.7 Å². The van der Waals surface area contributed by atoms with Crippen LogP contribution in [-0.2, 0) is 0 Å². The van der Waals surface area contributed by atoms with Crippen LogP contribution in [0.5, 0.6) is 11.5 Å². The highest BCUT2D eigenvalue weighted by atomic mass is 16.5. The molecule has 3 aromatic rings. The highest BCUT2D eigenvalue weighted by molar-refractivity contribution is 5.94. The van der Waals surface area contributed by atoms with Gasteiger partial charge in [0.2, 0.25) is 0 Å². The summed E-state index contributed by atoms with van der Waals surface area (Å²) in [5, 5.41) is 6.11. The molecule has 150 valence electrons. The van der Waals surface area contributed by atoms with Crippen molar-refractivity contribution < 1.29 is 9.53 Å². The molecule has 0 radical (unpaired) electrons. The number of para-hydroxylation sites is 1. The molecule has 7 heteroatoms. The molecule has 0 saturated carbocycles. The molecule has 0 aliphatic carbocycles. The van der Waals surface area contributed by atoms with Crippen LogP contribution < -0.4 is 20.3 Å². The Labute approximate surface area is 170 Å². The Balaban J connectivity index is 1.47. The number of amides is 1. The number of anilines is 2. The Bertz CT molecular complexity index is 943. The Morgan fingerprint density at radius 2 is 1.66 bits per heavy atom. The Hall–Kier alpha value is -3.61. The van der Waals surface area contributed by atoms with Crippen molar-refractivity contribution in [3.63, 3.8) is 0 Å². The number of nitrogens with one attached hydrogen (secondary N) is 2. The maximum absolute atomic E-state index is 12.3. The summed E-state index contributed by atoms with van der Waals surface area (Å²) in [6.07, 6.45) is 0. The number of carbonyl (C=O) groups is 1. The molecule has 29 heavy (non-hydrogen) atoms. The topological polar surface area (TPSA) is 79.4 Å². The van der Waals surface area contributed by atoms with Gasteiger partial charge in [-0.3, -0.25) is 4.79 Å². The van der Waals surface area contributed by atoms with Gasteiger partial charge in [-0.25, -0.2) is 9.97 Å². The number of nitrogens with zero attached hydrogens (tertiary/aromatic N) is 3. The quantitative estimate of drug-likeness (QED) is 0.572. The minimum atomic E-state index is -0.133. The highest BCUT2D eigenvalue weighted by Gasteiger charge is 2.07. The van der Waals surface area contributed by atoms with Gasteiger partial charge in [0, 0.05) is 38.8 Å². The summed E-state index contributed by atoms with van der Waals surface area (Å²) in [5.74, 6) is 3.57. The Kier molecular flexibility index (Phi) is 6.63. The average Bonchev–Trinajstić information content (AvgIpc) is 2.72. The molecule has 1 aromatic heterocycles. The Morgan fingerprint density at radius 1 is 0.966 bits per heavy atom. The van der Waals surface area contributed by atoms with Gasteiger partial charge >= 0.3 is 0 Å². The number of hydrogen-bond donors (Lipinski definition) is 2. The molecule has 0 atom stereocenters. The van der Waals surface area contributed by atoms with E-state index in [-0.39, 0.29) is 5.91 Å². The Morgan fingerprint density at radius 3 is 2.34 bits per heavy atom. The zero-order chi connectivity index (χ0) is 20.6. The second-order valence-electron chi connectivity index (χ2n) is 6.68. The van der Waals surface area contributed by atoms with Crippen LogP contribution in [0.3, 0.4) is 0 Å². The van der Waals surface area contributed by atoms with E-state index < -0.39 is 0 Å². The van der Waals surface area contributed by atoms with Crippen molar-refractivity contribution in [1.29, 1.82) is 0 Å². The van der Waals surface area contributed by atoms with Crippen LogP contribution in [0.2, 0.25) is 0 Å². The van der Waals surface area contributed by atoms with E-state index in [0.29, 0.717) is 30.2 Å².